The van der Waals surface area contributed by atoms with Crippen molar-refractivity contribution in [3.63, 3.8) is 0 Å². The Morgan fingerprint density at radius 3 is 2.58 bits per heavy atom. The van der Waals surface area contributed by atoms with Crippen molar-refractivity contribution in [1.82, 2.24) is 9.78 Å². The van der Waals surface area contributed by atoms with E-state index in [1.165, 1.54) is 6.42 Å². The van der Waals surface area contributed by atoms with Crippen molar-refractivity contribution in [2.45, 2.75) is 46.0 Å². The standard InChI is InChI=1S/C14H28N4O/c1-5-6-9-19-10-7-8-16-14-12(15)13(11(2)3)17-18(14)4/h11,16H,5-10,15H2,1-4H3. The van der Waals surface area contributed by atoms with Gasteiger partial charge in [-0.2, -0.15) is 5.10 Å². The Hall–Kier alpha value is -1.23. The van der Waals surface area contributed by atoms with Crippen LogP contribution in [0.1, 0.15) is 51.6 Å². The number of unbranched alkanes of at least 4 members (excludes halogenated alkanes) is 1. The Kier molecular flexibility index (Phi) is 6.70. The molecule has 1 rings (SSSR count). The van der Waals surface area contributed by atoms with Crippen LogP contribution < -0.4 is 11.1 Å². The lowest BCUT2D eigenvalue weighted by molar-refractivity contribution is 0.131. The maximum absolute atomic E-state index is 6.11. The zero-order valence-corrected chi connectivity index (χ0v) is 12.7. The molecule has 0 aromatic carbocycles. The topological polar surface area (TPSA) is 65.1 Å². The van der Waals surface area contributed by atoms with Gasteiger partial charge in [0.15, 0.2) is 0 Å². The highest BCUT2D eigenvalue weighted by Crippen LogP contribution is 2.27. The van der Waals surface area contributed by atoms with Crippen LogP contribution in [0.4, 0.5) is 11.5 Å². The predicted molar refractivity (Wildman–Crippen MR) is 80.5 cm³/mol. The second kappa shape index (κ2) is 8.04. The van der Waals surface area contributed by atoms with Crippen LogP contribution in [0, 0.1) is 0 Å². The summed E-state index contributed by atoms with van der Waals surface area (Å²) in [4.78, 5) is 0. The molecule has 110 valence electrons. The van der Waals surface area contributed by atoms with E-state index in [1.807, 2.05) is 11.7 Å². The van der Waals surface area contributed by atoms with E-state index in [9.17, 15) is 0 Å². The van der Waals surface area contributed by atoms with Crippen molar-refractivity contribution in [3.8, 4) is 0 Å². The second-order valence-corrected chi connectivity index (χ2v) is 5.17. The number of rotatable bonds is 9. The Morgan fingerprint density at radius 1 is 1.32 bits per heavy atom. The van der Waals surface area contributed by atoms with Crippen LogP contribution in [0.2, 0.25) is 0 Å². The molecule has 0 saturated carbocycles. The van der Waals surface area contributed by atoms with Gasteiger partial charge in [0, 0.05) is 26.8 Å². The second-order valence-electron chi connectivity index (χ2n) is 5.17. The fourth-order valence-electron chi connectivity index (χ4n) is 1.93. The molecular weight excluding hydrogens is 240 g/mol. The average molecular weight is 268 g/mol. The summed E-state index contributed by atoms with van der Waals surface area (Å²) in [5.74, 6) is 1.26. The first kappa shape index (κ1) is 15.8. The van der Waals surface area contributed by atoms with Crippen LogP contribution >= 0.6 is 0 Å². The summed E-state index contributed by atoms with van der Waals surface area (Å²) in [6, 6.07) is 0. The SMILES string of the molecule is CCCCOCCCNc1c(N)c(C(C)C)nn1C. The lowest BCUT2D eigenvalue weighted by Gasteiger charge is -2.08. The van der Waals surface area contributed by atoms with Gasteiger partial charge in [-0.25, -0.2) is 0 Å². The molecule has 0 fully saturated rings. The van der Waals surface area contributed by atoms with Gasteiger partial charge < -0.3 is 15.8 Å². The third kappa shape index (κ3) is 4.74. The molecule has 0 spiro atoms. The van der Waals surface area contributed by atoms with E-state index in [-0.39, 0.29) is 0 Å². The highest BCUT2D eigenvalue weighted by molar-refractivity contribution is 5.65. The zero-order chi connectivity index (χ0) is 14.3. The largest absolute Gasteiger partial charge is 0.394 e. The maximum Gasteiger partial charge on any atom is 0.147 e. The summed E-state index contributed by atoms with van der Waals surface area (Å²) in [6.07, 6.45) is 3.30. The number of nitrogens with zero attached hydrogens (tertiary/aromatic N) is 2. The van der Waals surface area contributed by atoms with Gasteiger partial charge in [-0.1, -0.05) is 27.2 Å². The number of aromatic nitrogens is 2. The van der Waals surface area contributed by atoms with Gasteiger partial charge in [-0.05, 0) is 18.8 Å². The van der Waals surface area contributed by atoms with Crippen molar-refractivity contribution in [2.75, 3.05) is 30.8 Å². The highest BCUT2D eigenvalue weighted by atomic mass is 16.5. The third-order valence-electron chi connectivity index (χ3n) is 3.06. The van der Waals surface area contributed by atoms with Gasteiger partial charge in [0.25, 0.3) is 0 Å². The molecular formula is C14H28N4O. The molecule has 0 aliphatic rings. The predicted octanol–water partition coefficient (Wildman–Crippen LogP) is 2.74. The zero-order valence-electron chi connectivity index (χ0n) is 12.7. The van der Waals surface area contributed by atoms with Gasteiger partial charge in [0.05, 0.1) is 11.4 Å². The molecule has 5 heteroatoms. The molecule has 1 heterocycles. The van der Waals surface area contributed by atoms with Crippen LogP contribution in [-0.4, -0.2) is 29.5 Å². The summed E-state index contributed by atoms with van der Waals surface area (Å²) in [5, 5.41) is 7.79. The normalized spacial score (nSPS) is 11.2. The molecule has 5 nitrogen and oxygen atoms in total. The van der Waals surface area contributed by atoms with Crippen molar-refractivity contribution in [3.05, 3.63) is 5.69 Å². The molecule has 0 saturated heterocycles. The fraction of sp³-hybridized carbons (Fsp3) is 0.786. The van der Waals surface area contributed by atoms with E-state index in [0.717, 1.165) is 49.8 Å². The Labute approximate surface area is 116 Å². The van der Waals surface area contributed by atoms with Gasteiger partial charge >= 0.3 is 0 Å². The first-order valence-corrected chi connectivity index (χ1v) is 7.21. The number of ether oxygens (including phenoxy) is 1. The Balaban J connectivity index is 2.33. The van der Waals surface area contributed by atoms with Crippen LogP contribution in [0.15, 0.2) is 0 Å². The maximum atomic E-state index is 6.11. The van der Waals surface area contributed by atoms with E-state index in [0.29, 0.717) is 5.92 Å². The molecule has 0 aliphatic heterocycles. The number of hydrogen-bond donors (Lipinski definition) is 2. The highest BCUT2D eigenvalue weighted by Gasteiger charge is 2.15. The molecule has 0 bridgehead atoms. The summed E-state index contributed by atoms with van der Waals surface area (Å²) in [5.41, 5.74) is 7.84. The summed E-state index contributed by atoms with van der Waals surface area (Å²) >= 11 is 0. The van der Waals surface area contributed by atoms with Crippen LogP contribution in [0.25, 0.3) is 0 Å². The van der Waals surface area contributed by atoms with Gasteiger partial charge in [0.2, 0.25) is 0 Å². The number of nitrogen functional groups attached to an aromatic ring is 1. The van der Waals surface area contributed by atoms with Gasteiger partial charge in [-0.15, -0.1) is 0 Å². The van der Waals surface area contributed by atoms with Crippen molar-refractivity contribution < 1.29 is 4.74 Å². The van der Waals surface area contributed by atoms with E-state index >= 15 is 0 Å². The minimum Gasteiger partial charge on any atom is -0.394 e. The molecule has 0 aliphatic carbocycles. The van der Waals surface area contributed by atoms with E-state index in [2.05, 4.69) is 31.2 Å². The van der Waals surface area contributed by atoms with Gasteiger partial charge in [0.1, 0.15) is 5.82 Å². The smallest absolute Gasteiger partial charge is 0.147 e. The van der Waals surface area contributed by atoms with E-state index in [1.54, 1.807) is 0 Å². The number of nitrogens with one attached hydrogen (secondary N) is 1. The van der Waals surface area contributed by atoms with Crippen LogP contribution in [0.5, 0.6) is 0 Å². The number of aryl methyl sites for hydroxylation is 1. The average Bonchev–Trinajstić information content (AvgIpc) is 2.65. The van der Waals surface area contributed by atoms with E-state index in [4.69, 9.17) is 10.5 Å². The minimum absolute atomic E-state index is 0.346. The number of nitrogens with two attached hydrogens (primary N) is 1. The minimum atomic E-state index is 0.346. The Morgan fingerprint density at radius 2 is 2.00 bits per heavy atom. The molecule has 0 amide bonds. The van der Waals surface area contributed by atoms with E-state index < -0.39 is 0 Å². The lowest BCUT2D eigenvalue weighted by Crippen LogP contribution is -2.10. The van der Waals surface area contributed by atoms with Crippen molar-refractivity contribution >= 4 is 11.5 Å². The van der Waals surface area contributed by atoms with Crippen molar-refractivity contribution in [2.24, 2.45) is 7.05 Å². The number of anilines is 2. The molecule has 19 heavy (non-hydrogen) atoms. The number of hydrogen-bond acceptors (Lipinski definition) is 4. The quantitative estimate of drug-likeness (QED) is 0.676. The lowest BCUT2D eigenvalue weighted by atomic mass is 10.1. The molecule has 1 aromatic heterocycles. The van der Waals surface area contributed by atoms with Crippen LogP contribution in [0.3, 0.4) is 0 Å². The molecule has 1 aromatic rings. The molecule has 3 N–H and O–H groups in total. The monoisotopic (exact) mass is 268 g/mol. The Bertz CT molecular complexity index is 374. The molecule has 0 radical (unpaired) electrons. The third-order valence-corrected chi connectivity index (χ3v) is 3.06. The molecule has 0 atom stereocenters. The summed E-state index contributed by atoms with van der Waals surface area (Å²) in [6.45, 7) is 8.88. The summed E-state index contributed by atoms with van der Waals surface area (Å²) < 4.78 is 7.34. The molecule has 0 unspecified atom stereocenters. The summed E-state index contributed by atoms with van der Waals surface area (Å²) in [7, 11) is 1.92. The fourth-order valence-corrected chi connectivity index (χ4v) is 1.93. The van der Waals surface area contributed by atoms with Crippen molar-refractivity contribution in [1.29, 1.82) is 0 Å². The first-order valence-electron chi connectivity index (χ1n) is 7.21. The van der Waals surface area contributed by atoms with Crippen LogP contribution in [-0.2, 0) is 11.8 Å². The first-order chi connectivity index (χ1) is 9.07. The van der Waals surface area contributed by atoms with Gasteiger partial charge in [-0.3, -0.25) is 4.68 Å².